The molecule has 0 atom stereocenters. The van der Waals surface area contributed by atoms with Crippen molar-refractivity contribution in [1.82, 2.24) is 14.8 Å². The molecule has 0 bridgehead atoms. The van der Waals surface area contributed by atoms with Gasteiger partial charge >= 0.3 is 6.29 Å². The van der Waals surface area contributed by atoms with Crippen molar-refractivity contribution in [1.29, 1.82) is 0 Å². The first-order valence-electron chi connectivity index (χ1n) is 8.32. The van der Waals surface area contributed by atoms with Gasteiger partial charge in [-0.3, -0.25) is 0 Å². The van der Waals surface area contributed by atoms with E-state index < -0.39 is 21.9 Å². The maximum Gasteiger partial charge on any atom is 0.586 e. The van der Waals surface area contributed by atoms with E-state index in [2.05, 4.69) is 19.7 Å². The smallest absolute Gasteiger partial charge is 0.395 e. The quantitative estimate of drug-likeness (QED) is 0.804. The number of rotatable bonds is 4. The Hall–Kier alpha value is -2.23. The van der Waals surface area contributed by atoms with Crippen molar-refractivity contribution >= 4 is 9.84 Å². The highest BCUT2D eigenvalue weighted by molar-refractivity contribution is 7.89. The second-order valence-corrected chi connectivity index (χ2v) is 8.50. The van der Waals surface area contributed by atoms with Crippen LogP contribution in [0.3, 0.4) is 0 Å². The topological polar surface area (TPSA) is 83.3 Å². The zero-order valence-electron chi connectivity index (χ0n) is 13.8. The van der Waals surface area contributed by atoms with Crippen molar-refractivity contribution in [3.8, 4) is 11.5 Å². The largest absolute Gasteiger partial charge is 0.586 e. The predicted molar refractivity (Wildman–Crippen MR) is 86.5 cm³/mol. The molecule has 3 heterocycles. The van der Waals surface area contributed by atoms with Gasteiger partial charge in [-0.15, -0.1) is 19.0 Å². The van der Waals surface area contributed by atoms with Gasteiger partial charge in [-0.2, -0.15) is 0 Å². The maximum atomic E-state index is 13.3. The van der Waals surface area contributed by atoms with Gasteiger partial charge in [-0.05, 0) is 18.9 Å². The van der Waals surface area contributed by atoms with Crippen LogP contribution in [0.25, 0.3) is 0 Å². The third-order valence-electron chi connectivity index (χ3n) is 4.42. The molecule has 2 aliphatic rings. The molecule has 0 fully saturated rings. The van der Waals surface area contributed by atoms with E-state index in [1.165, 1.54) is 18.2 Å². The molecule has 140 valence electrons. The van der Waals surface area contributed by atoms with Gasteiger partial charge in [0, 0.05) is 18.5 Å². The first kappa shape index (κ1) is 17.2. The van der Waals surface area contributed by atoms with Gasteiger partial charge in [0.05, 0.1) is 5.75 Å². The lowest BCUT2D eigenvalue weighted by molar-refractivity contribution is -0.286. The van der Waals surface area contributed by atoms with Gasteiger partial charge < -0.3 is 14.0 Å². The van der Waals surface area contributed by atoms with Crippen LogP contribution in [0, 0.1) is 0 Å². The van der Waals surface area contributed by atoms with E-state index in [0.717, 1.165) is 31.5 Å². The van der Waals surface area contributed by atoms with Gasteiger partial charge in [0.2, 0.25) is 0 Å². The minimum atomic E-state index is -3.79. The van der Waals surface area contributed by atoms with Crippen LogP contribution < -0.4 is 9.47 Å². The lowest BCUT2D eigenvalue weighted by atomic mass is 10.2. The van der Waals surface area contributed by atoms with Crippen molar-refractivity contribution in [3.63, 3.8) is 0 Å². The number of para-hydroxylation sites is 1. The average molecular weight is 385 g/mol. The fourth-order valence-electron chi connectivity index (χ4n) is 3.28. The molecule has 0 N–H and O–H groups in total. The number of hydrogen-bond acceptors (Lipinski definition) is 6. The molecule has 2 aliphatic heterocycles. The van der Waals surface area contributed by atoms with Crippen molar-refractivity contribution in [2.75, 3.05) is 0 Å². The van der Waals surface area contributed by atoms with Crippen molar-refractivity contribution in [2.45, 2.75) is 50.0 Å². The van der Waals surface area contributed by atoms with Crippen LogP contribution in [0.5, 0.6) is 11.5 Å². The summed E-state index contributed by atoms with van der Waals surface area (Å²) in [4.78, 5) is 0. The normalized spacial score (nSPS) is 18.4. The SMILES string of the molecule is O=S(=O)(Cc1cccc2c1OC(F)(F)O2)Cc1nnc2n1CCCCC2. The van der Waals surface area contributed by atoms with Crippen LogP contribution in [0.15, 0.2) is 18.2 Å². The number of aryl methyl sites for hydroxylation is 1. The number of fused-ring (bicyclic) bond motifs is 2. The Balaban J connectivity index is 1.57. The minimum absolute atomic E-state index is 0.135. The van der Waals surface area contributed by atoms with Gasteiger partial charge in [0.25, 0.3) is 0 Å². The molecule has 26 heavy (non-hydrogen) atoms. The van der Waals surface area contributed by atoms with Gasteiger partial charge in [-0.25, -0.2) is 8.42 Å². The molecule has 0 saturated carbocycles. The molecule has 10 heteroatoms. The Morgan fingerprint density at radius 2 is 1.96 bits per heavy atom. The molecule has 0 saturated heterocycles. The minimum Gasteiger partial charge on any atom is -0.395 e. The molecule has 2 aromatic rings. The molecule has 0 amide bonds. The second kappa shape index (κ2) is 6.19. The average Bonchev–Trinajstić information content (AvgIpc) is 2.97. The third-order valence-corrected chi connectivity index (χ3v) is 5.87. The van der Waals surface area contributed by atoms with E-state index in [9.17, 15) is 17.2 Å². The maximum absolute atomic E-state index is 13.3. The molecule has 0 radical (unpaired) electrons. The summed E-state index contributed by atoms with van der Waals surface area (Å²) in [5, 5.41) is 8.11. The molecule has 4 rings (SSSR count). The van der Waals surface area contributed by atoms with E-state index >= 15 is 0 Å². The lowest BCUT2D eigenvalue weighted by Crippen LogP contribution is -2.26. The third kappa shape index (κ3) is 3.37. The molecule has 0 aliphatic carbocycles. The Labute approximate surface area is 148 Å². The van der Waals surface area contributed by atoms with Crippen molar-refractivity contribution < 1.29 is 26.7 Å². The van der Waals surface area contributed by atoms with E-state index in [1.54, 1.807) is 0 Å². The van der Waals surface area contributed by atoms with Crippen LogP contribution in [0.4, 0.5) is 8.78 Å². The Bertz CT molecular complexity index is 943. The van der Waals surface area contributed by atoms with E-state index in [4.69, 9.17) is 0 Å². The van der Waals surface area contributed by atoms with Crippen LogP contribution in [0.2, 0.25) is 0 Å². The zero-order valence-corrected chi connectivity index (χ0v) is 14.6. The summed E-state index contributed by atoms with van der Waals surface area (Å²) < 4.78 is 62.5. The highest BCUT2D eigenvalue weighted by Gasteiger charge is 2.44. The van der Waals surface area contributed by atoms with Crippen molar-refractivity contribution in [3.05, 3.63) is 35.4 Å². The summed E-state index contributed by atoms with van der Waals surface area (Å²) in [6.07, 6.45) is 0.0143. The number of nitrogens with zero attached hydrogens (tertiary/aromatic N) is 3. The van der Waals surface area contributed by atoms with Gasteiger partial charge in [0.1, 0.15) is 17.4 Å². The van der Waals surface area contributed by atoms with Gasteiger partial charge in [-0.1, -0.05) is 18.6 Å². The molecule has 7 nitrogen and oxygen atoms in total. The number of benzene rings is 1. The number of alkyl halides is 2. The Morgan fingerprint density at radius 1 is 1.12 bits per heavy atom. The highest BCUT2D eigenvalue weighted by atomic mass is 32.2. The van der Waals surface area contributed by atoms with Crippen LogP contribution in [-0.2, 0) is 34.3 Å². The van der Waals surface area contributed by atoms with Gasteiger partial charge in [0.15, 0.2) is 21.3 Å². The molecule has 1 aromatic heterocycles. The summed E-state index contributed by atoms with van der Waals surface area (Å²) in [5.41, 5.74) is 0.135. The first-order chi connectivity index (χ1) is 12.3. The van der Waals surface area contributed by atoms with Crippen LogP contribution in [0.1, 0.15) is 36.5 Å². The van der Waals surface area contributed by atoms with E-state index in [0.29, 0.717) is 12.4 Å². The number of hydrogen-bond donors (Lipinski definition) is 0. The molecular weight excluding hydrogens is 368 g/mol. The number of ether oxygens (including phenoxy) is 2. The summed E-state index contributed by atoms with van der Waals surface area (Å²) in [6, 6.07) is 4.20. The molecule has 1 aromatic carbocycles. The highest BCUT2D eigenvalue weighted by Crippen LogP contribution is 2.43. The summed E-state index contributed by atoms with van der Waals surface area (Å²) >= 11 is 0. The predicted octanol–water partition coefficient (Wildman–Crippen LogP) is 2.44. The molecule has 0 spiro atoms. The van der Waals surface area contributed by atoms with E-state index in [-0.39, 0.29) is 22.8 Å². The Kier molecular flexibility index (Phi) is 4.09. The standard InChI is InChI=1S/C16H17F2N3O4S/c17-16(18)24-12-6-4-5-11(15(12)25-16)9-26(22,23)10-14-20-19-13-7-2-1-3-8-21(13)14/h4-6H,1-3,7-10H2. The summed E-state index contributed by atoms with van der Waals surface area (Å²) in [7, 11) is -3.67. The lowest BCUT2D eigenvalue weighted by Gasteiger charge is -2.09. The zero-order chi connectivity index (χ0) is 18.4. The monoisotopic (exact) mass is 385 g/mol. The van der Waals surface area contributed by atoms with Crippen LogP contribution in [-0.4, -0.2) is 29.5 Å². The first-order valence-corrected chi connectivity index (χ1v) is 10.1. The van der Waals surface area contributed by atoms with Crippen molar-refractivity contribution in [2.24, 2.45) is 0 Å². The fraction of sp³-hybridized carbons (Fsp3) is 0.500. The van der Waals surface area contributed by atoms with Crippen LogP contribution >= 0.6 is 0 Å². The van der Waals surface area contributed by atoms with E-state index in [1.807, 2.05) is 4.57 Å². The number of aromatic nitrogens is 3. The molecule has 0 unspecified atom stereocenters. The number of sulfone groups is 1. The summed E-state index contributed by atoms with van der Waals surface area (Å²) in [5.74, 6) is 0.0282. The molecular formula is C16H17F2N3O4S. The Morgan fingerprint density at radius 3 is 2.81 bits per heavy atom. The fourth-order valence-corrected chi connectivity index (χ4v) is 4.69. The second-order valence-electron chi connectivity index (χ2n) is 6.44. The number of halogens is 2. The summed E-state index contributed by atoms with van der Waals surface area (Å²) in [6.45, 7) is 0.692.